The van der Waals surface area contributed by atoms with Crippen LogP contribution in [-0.2, 0) is 16.1 Å². The van der Waals surface area contributed by atoms with Crippen LogP contribution in [-0.4, -0.2) is 24.3 Å². The smallest absolute Gasteiger partial charge is 0.308 e. The predicted molar refractivity (Wildman–Crippen MR) is 78.9 cm³/mol. The highest BCUT2D eigenvalue weighted by molar-refractivity contribution is 7.16. The number of carbonyl (C=O) groups is 1. The highest BCUT2D eigenvalue weighted by Gasteiger charge is 2.13. The lowest BCUT2D eigenvalue weighted by atomic mass is 10.3. The van der Waals surface area contributed by atoms with Crippen LogP contribution >= 0.6 is 22.9 Å². The fourth-order valence-electron chi connectivity index (χ4n) is 1.87. The summed E-state index contributed by atoms with van der Waals surface area (Å²) in [5.41, 5.74) is 0.704. The van der Waals surface area contributed by atoms with Crippen LogP contribution in [0.4, 0.5) is 0 Å². The average molecular weight is 316 g/mol. The van der Waals surface area contributed by atoms with Crippen LogP contribution < -0.4 is 9.61 Å². The first-order valence-corrected chi connectivity index (χ1v) is 7.28. The van der Waals surface area contributed by atoms with E-state index in [4.69, 9.17) is 21.1 Å². The minimum Gasteiger partial charge on any atom is -0.495 e. The van der Waals surface area contributed by atoms with Gasteiger partial charge in [0.2, 0.25) is 0 Å². The van der Waals surface area contributed by atoms with Crippen molar-refractivity contribution in [3.05, 3.63) is 26.8 Å². The number of aromatic nitrogens is 1. The summed E-state index contributed by atoms with van der Waals surface area (Å²) in [7, 11) is 1.52. The van der Waals surface area contributed by atoms with Gasteiger partial charge in [0.25, 0.3) is 0 Å². The van der Waals surface area contributed by atoms with Crippen LogP contribution in [0.1, 0.15) is 13.3 Å². The molecule has 0 atom stereocenters. The predicted octanol–water partition coefficient (Wildman–Crippen LogP) is 2.68. The number of hydrogen-bond donors (Lipinski definition) is 0. The fourth-order valence-corrected chi connectivity index (χ4v) is 3.03. The van der Waals surface area contributed by atoms with E-state index in [2.05, 4.69) is 0 Å². The summed E-state index contributed by atoms with van der Waals surface area (Å²) in [6.07, 6.45) is 0.156. The van der Waals surface area contributed by atoms with E-state index in [1.807, 2.05) is 0 Å². The van der Waals surface area contributed by atoms with Gasteiger partial charge in [-0.3, -0.25) is 14.2 Å². The van der Waals surface area contributed by atoms with Crippen molar-refractivity contribution in [2.45, 2.75) is 19.9 Å². The number of thiazole rings is 1. The van der Waals surface area contributed by atoms with Crippen LogP contribution in [0.15, 0.2) is 16.9 Å². The van der Waals surface area contributed by atoms with Crippen LogP contribution in [0, 0.1) is 0 Å². The molecular formula is C13H14ClNO4S. The van der Waals surface area contributed by atoms with E-state index < -0.39 is 0 Å². The number of rotatable bonds is 5. The highest BCUT2D eigenvalue weighted by atomic mass is 35.5. The molecule has 1 aromatic heterocycles. The van der Waals surface area contributed by atoms with E-state index in [1.54, 1.807) is 19.1 Å². The molecule has 0 aliphatic heterocycles. The summed E-state index contributed by atoms with van der Waals surface area (Å²) in [5.74, 6) is 0.205. The Morgan fingerprint density at radius 1 is 1.45 bits per heavy atom. The van der Waals surface area contributed by atoms with Crippen molar-refractivity contribution < 1.29 is 14.3 Å². The van der Waals surface area contributed by atoms with Crippen molar-refractivity contribution in [3.8, 4) is 5.75 Å². The van der Waals surface area contributed by atoms with E-state index in [-0.39, 0.29) is 23.8 Å². The lowest BCUT2D eigenvalue weighted by Crippen LogP contribution is -2.16. The number of halogens is 1. The van der Waals surface area contributed by atoms with Gasteiger partial charge in [-0.05, 0) is 13.0 Å². The Bertz CT molecular complexity index is 691. The summed E-state index contributed by atoms with van der Waals surface area (Å²) < 4.78 is 12.3. The van der Waals surface area contributed by atoms with E-state index in [1.165, 1.54) is 11.7 Å². The van der Waals surface area contributed by atoms with Gasteiger partial charge >= 0.3 is 10.8 Å². The number of fused-ring (bicyclic) bond motifs is 1. The van der Waals surface area contributed by atoms with Crippen LogP contribution in [0.5, 0.6) is 5.75 Å². The van der Waals surface area contributed by atoms with Crippen molar-refractivity contribution in [2.75, 3.05) is 13.7 Å². The first-order chi connectivity index (χ1) is 9.56. The molecular weight excluding hydrogens is 302 g/mol. The summed E-state index contributed by atoms with van der Waals surface area (Å²) in [5, 5.41) is 0.433. The lowest BCUT2D eigenvalue weighted by Gasteiger charge is -2.06. The first kappa shape index (κ1) is 14.9. The standard InChI is InChI=1S/C13H14ClNO4S/c1-3-19-12(16)4-5-15-9-6-8(14)10(18-2)7-11(9)20-13(15)17/h6-7H,3-5H2,1-2H3. The summed E-state index contributed by atoms with van der Waals surface area (Å²) in [4.78, 5) is 23.2. The molecule has 108 valence electrons. The van der Waals surface area contributed by atoms with Crippen molar-refractivity contribution >= 4 is 39.1 Å². The molecule has 2 aromatic rings. The molecule has 0 aliphatic rings. The molecule has 0 amide bonds. The number of aryl methyl sites for hydroxylation is 1. The van der Waals surface area contributed by atoms with E-state index in [9.17, 15) is 9.59 Å². The third-order valence-electron chi connectivity index (χ3n) is 2.79. The van der Waals surface area contributed by atoms with Crippen LogP contribution in [0.25, 0.3) is 10.2 Å². The van der Waals surface area contributed by atoms with Gasteiger partial charge in [-0.15, -0.1) is 0 Å². The minimum atomic E-state index is -0.321. The largest absolute Gasteiger partial charge is 0.495 e. The topological polar surface area (TPSA) is 57.5 Å². The van der Waals surface area contributed by atoms with Crippen molar-refractivity contribution in [1.82, 2.24) is 4.57 Å². The first-order valence-electron chi connectivity index (χ1n) is 6.09. The third kappa shape index (κ3) is 2.96. The molecule has 2 rings (SSSR count). The SMILES string of the molecule is CCOC(=O)CCn1c(=O)sc2cc(OC)c(Cl)cc21. The summed E-state index contributed by atoms with van der Waals surface area (Å²) >= 11 is 7.17. The van der Waals surface area contributed by atoms with Gasteiger partial charge in [-0.1, -0.05) is 22.9 Å². The van der Waals surface area contributed by atoms with Gasteiger partial charge in [0.15, 0.2) is 0 Å². The molecule has 0 bridgehead atoms. The number of nitrogens with zero attached hydrogens (tertiary/aromatic N) is 1. The third-order valence-corrected chi connectivity index (χ3v) is 4.02. The maximum absolute atomic E-state index is 12.0. The molecule has 0 N–H and O–H groups in total. The number of hydrogen-bond acceptors (Lipinski definition) is 5. The monoisotopic (exact) mass is 315 g/mol. The Kier molecular flexibility index (Phi) is 4.67. The Labute approximate surface area is 124 Å². The Morgan fingerprint density at radius 3 is 2.85 bits per heavy atom. The normalized spacial score (nSPS) is 10.8. The quantitative estimate of drug-likeness (QED) is 0.796. The highest BCUT2D eigenvalue weighted by Crippen LogP contribution is 2.31. The van der Waals surface area contributed by atoms with Gasteiger partial charge in [-0.25, -0.2) is 0 Å². The fraction of sp³-hybridized carbons (Fsp3) is 0.385. The number of esters is 1. The van der Waals surface area contributed by atoms with Crippen molar-refractivity contribution in [1.29, 1.82) is 0 Å². The zero-order chi connectivity index (χ0) is 14.7. The molecule has 0 saturated carbocycles. The van der Waals surface area contributed by atoms with Gasteiger partial charge in [0.05, 0.1) is 35.4 Å². The maximum Gasteiger partial charge on any atom is 0.308 e. The van der Waals surface area contributed by atoms with E-state index in [0.717, 1.165) is 16.0 Å². The second kappa shape index (κ2) is 6.28. The molecule has 0 unspecified atom stereocenters. The van der Waals surface area contributed by atoms with Gasteiger partial charge in [0.1, 0.15) is 5.75 Å². The van der Waals surface area contributed by atoms with Crippen LogP contribution in [0.3, 0.4) is 0 Å². The second-order valence-electron chi connectivity index (χ2n) is 4.03. The molecule has 0 saturated heterocycles. The molecule has 0 radical (unpaired) electrons. The second-order valence-corrected chi connectivity index (χ2v) is 5.43. The molecule has 5 nitrogen and oxygen atoms in total. The molecule has 1 heterocycles. The summed E-state index contributed by atoms with van der Waals surface area (Å²) in [6, 6.07) is 3.41. The maximum atomic E-state index is 12.0. The average Bonchev–Trinajstić information content (AvgIpc) is 2.71. The Hall–Kier alpha value is -1.53. The van der Waals surface area contributed by atoms with Gasteiger partial charge < -0.3 is 9.47 Å². The Balaban J connectivity index is 2.34. The van der Waals surface area contributed by atoms with Crippen LogP contribution in [0.2, 0.25) is 5.02 Å². The molecule has 7 heteroatoms. The zero-order valence-electron chi connectivity index (χ0n) is 11.1. The van der Waals surface area contributed by atoms with Gasteiger partial charge in [0, 0.05) is 12.6 Å². The number of ether oxygens (including phenoxy) is 2. The summed E-state index contributed by atoms with van der Waals surface area (Å²) in [6.45, 7) is 2.36. The minimum absolute atomic E-state index is 0.131. The molecule has 0 spiro atoms. The molecule has 0 fully saturated rings. The zero-order valence-corrected chi connectivity index (χ0v) is 12.7. The number of benzene rings is 1. The lowest BCUT2D eigenvalue weighted by molar-refractivity contribution is -0.143. The number of methoxy groups -OCH3 is 1. The number of carbonyl (C=O) groups excluding carboxylic acids is 1. The van der Waals surface area contributed by atoms with Gasteiger partial charge in [-0.2, -0.15) is 0 Å². The van der Waals surface area contributed by atoms with E-state index >= 15 is 0 Å². The van der Waals surface area contributed by atoms with E-state index in [0.29, 0.717) is 22.9 Å². The Morgan fingerprint density at radius 2 is 2.20 bits per heavy atom. The van der Waals surface area contributed by atoms with Crippen molar-refractivity contribution in [2.24, 2.45) is 0 Å². The molecule has 0 aliphatic carbocycles. The van der Waals surface area contributed by atoms with Crippen molar-refractivity contribution in [3.63, 3.8) is 0 Å². The molecule has 1 aromatic carbocycles. The molecule has 20 heavy (non-hydrogen) atoms.